The van der Waals surface area contributed by atoms with Crippen molar-refractivity contribution >= 4 is 27.3 Å². The monoisotopic (exact) mass is 354 g/mol. The Morgan fingerprint density at radius 1 is 1.35 bits per heavy atom. The summed E-state index contributed by atoms with van der Waals surface area (Å²) in [4.78, 5) is 6.12. The zero-order valence-electron chi connectivity index (χ0n) is 11.2. The highest BCUT2D eigenvalue weighted by Crippen LogP contribution is 2.33. The van der Waals surface area contributed by atoms with Gasteiger partial charge in [-0.25, -0.2) is 9.37 Å². The van der Waals surface area contributed by atoms with Crippen LogP contribution in [0.2, 0.25) is 0 Å². The van der Waals surface area contributed by atoms with Gasteiger partial charge in [0.05, 0.1) is 11.7 Å². The molecule has 1 aliphatic rings. The van der Waals surface area contributed by atoms with E-state index in [4.69, 9.17) is 4.98 Å². The lowest BCUT2D eigenvalue weighted by atomic mass is 10.0. The Morgan fingerprint density at radius 2 is 2.15 bits per heavy atom. The lowest BCUT2D eigenvalue weighted by Crippen LogP contribution is -2.18. The normalized spacial score (nSPS) is 15.9. The Kier molecular flexibility index (Phi) is 4.19. The number of nitrogens with zero attached hydrogens (tertiary/aromatic N) is 1. The molecule has 1 aromatic heterocycles. The Bertz CT molecular complexity index is 603. The molecular formula is C15H16BrFN2S. The van der Waals surface area contributed by atoms with Gasteiger partial charge in [-0.2, -0.15) is 0 Å². The van der Waals surface area contributed by atoms with Gasteiger partial charge in [-0.05, 0) is 44.9 Å². The number of aromatic nitrogens is 1. The fraction of sp³-hybridized carbons (Fsp3) is 0.400. The minimum atomic E-state index is -0.202. The van der Waals surface area contributed by atoms with Crippen molar-refractivity contribution in [1.82, 2.24) is 10.3 Å². The van der Waals surface area contributed by atoms with Crippen molar-refractivity contribution in [1.29, 1.82) is 0 Å². The molecule has 1 aliphatic carbocycles. The van der Waals surface area contributed by atoms with Gasteiger partial charge in [-0.3, -0.25) is 0 Å². The predicted molar refractivity (Wildman–Crippen MR) is 83.8 cm³/mol. The minimum Gasteiger partial charge on any atom is -0.307 e. The van der Waals surface area contributed by atoms with Gasteiger partial charge in [0.15, 0.2) is 0 Å². The van der Waals surface area contributed by atoms with Crippen LogP contribution in [-0.2, 0) is 12.8 Å². The third kappa shape index (κ3) is 2.67. The zero-order valence-corrected chi connectivity index (χ0v) is 13.7. The van der Waals surface area contributed by atoms with Crippen LogP contribution >= 0.6 is 27.3 Å². The van der Waals surface area contributed by atoms with Crippen LogP contribution in [0.15, 0.2) is 22.7 Å². The van der Waals surface area contributed by atoms with Gasteiger partial charge in [0.2, 0.25) is 0 Å². The van der Waals surface area contributed by atoms with E-state index in [-0.39, 0.29) is 11.9 Å². The molecule has 0 bridgehead atoms. The summed E-state index contributed by atoms with van der Waals surface area (Å²) in [6, 6.07) is 5.03. The molecule has 0 saturated carbocycles. The van der Waals surface area contributed by atoms with Gasteiger partial charge < -0.3 is 5.32 Å². The molecule has 1 atom stereocenters. The molecular weight excluding hydrogens is 339 g/mol. The van der Waals surface area contributed by atoms with E-state index in [1.165, 1.54) is 29.5 Å². The van der Waals surface area contributed by atoms with Gasteiger partial charge in [-0.15, -0.1) is 11.3 Å². The maximum atomic E-state index is 14.2. The van der Waals surface area contributed by atoms with Crippen LogP contribution in [0, 0.1) is 5.82 Å². The molecule has 0 amide bonds. The third-order valence-electron chi connectivity index (χ3n) is 3.67. The maximum Gasteiger partial charge on any atom is 0.129 e. The maximum absolute atomic E-state index is 14.2. The van der Waals surface area contributed by atoms with E-state index in [2.05, 4.69) is 21.2 Å². The first-order chi connectivity index (χ1) is 9.69. The fourth-order valence-electron chi connectivity index (χ4n) is 2.64. The third-order valence-corrected chi connectivity index (χ3v) is 5.39. The number of aryl methyl sites for hydroxylation is 2. The zero-order chi connectivity index (χ0) is 14.1. The molecule has 1 heterocycles. The number of hydrogen-bond acceptors (Lipinski definition) is 3. The van der Waals surface area contributed by atoms with Crippen LogP contribution in [0.4, 0.5) is 4.39 Å². The second-order valence-electron chi connectivity index (χ2n) is 5.02. The van der Waals surface area contributed by atoms with Crippen molar-refractivity contribution < 1.29 is 4.39 Å². The summed E-state index contributed by atoms with van der Waals surface area (Å²) < 4.78 is 14.9. The van der Waals surface area contributed by atoms with E-state index >= 15 is 0 Å². The Hall–Kier alpha value is -0.780. The smallest absolute Gasteiger partial charge is 0.129 e. The number of hydrogen-bond donors (Lipinski definition) is 1. The van der Waals surface area contributed by atoms with Crippen LogP contribution in [0.25, 0.3) is 0 Å². The van der Waals surface area contributed by atoms with E-state index in [1.807, 2.05) is 19.2 Å². The number of rotatable bonds is 3. The van der Waals surface area contributed by atoms with Crippen molar-refractivity contribution in [3.05, 3.63) is 49.6 Å². The first-order valence-corrected chi connectivity index (χ1v) is 8.40. The highest BCUT2D eigenvalue weighted by Gasteiger charge is 2.23. The molecule has 0 saturated heterocycles. The van der Waals surface area contributed by atoms with Crippen molar-refractivity contribution in [3.8, 4) is 0 Å². The number of halogens is 2. The molecule has 1 N–H and O–H groups in total. The van der Waals surface area contributed by atoms with Crippen LogP contribution in [0.3, 0.4) is 0 Å². The SMILES string of the molecule is CNC(c1nc2c(s1)CCCC2)c1ccc(Br)cc1F. The quantitative estimate of drug-likeness (QED) is 0.891. The van der Waals surface area contributed by atoms with Crippen LogP contribution in [0.5, 0.6) is 0 Å². The number of nitrogens with one attached hydrogen (secondary N) is 1. The van der Waals surface area contributed by atoms with Crippen molar-refractivity contribution in [2.45, 2.75) is 31.7 Å². The summed E-state index contributed by atoms with van der Waals surface area (Å²) in [6.45, 7) is 0. The first kappa shape index (κ1) is 14.2. The fourth-order valence-corrected chi connectivity index (χ4v) is 4.26. The molecule has 0 radical (unpaired) electrons. The van der Waals surface area contributed by atoms with Crippen LogP contribution in [-0.4, -0.2) is 12.0 Å². The highest BCUT2D eigenvalue weighted by atomic mass is 79.9. The predicted octanol–water partition coefficient (Wildman–Crippen LogP) is 4.23. The number of thiazole rings is 1. The van der Waals surface area contributed by atoms with E-state index in [1.54, 1.807) is 11.3 Å². The van der Waals surface area contributed by atoms with Gasteiger partial charge >= 0.3 is 0 Å². The largest absolute Gasteiger partial charge is 0.307 e. The summed E-state index contributed by atoms with van der Waals surface area (Å²) in [5.74, 6) is -0.202. The Balaban J connectivity index is 1.98. The minimum absolute atomic E-state index is 0.168. The summed E-state index contributed by atoms with van der Waals surface area (Å²) >= 11 is 5.02. The van der Waals surface area contributed by atoms with Crippen molar-refractivity contribution in [3.63, 3.8) is 0 Å². The van der Waals surface area contributed by atoms with E-state index < -0.39 is 0 Å². The molecule has 3 rings (SSSR count). The van der Waals surface area contributed by atoms with E-state index in [9.17, 15) is 4.39 Å². The molecule has 2 nitrogen and oxygen atoms in total. The molecule has 1 aromatic carbocycles. The molecule has 1 unspecified atom stereocenters. The molecule has 20 heavy (non-hydrogen) atoms. The van der Waals surface area contributed by atoms with Gasteiger partial charge in [0, 0.05) is 14.9 Å². The topological polar surface area (TPSA) is 24.9 Å². The average Bonchev–Trinajstić information content (AvgIpc) is 2.85. The molecule has 5 heteroatoms. The van der Waals surface area contributed by atoms with Crippen LogP contribution in [0.1, 0.15) is 40.0 Å². The standard InChI is InChI=1S/C15H16BrFN2S/c1-18-14(10-7-6-9(16)8-11(10)17)15-19-12-4-2-3-5-13(12)20-15/h6-8,14,18H,2-5H2,1H3. The van der Waals surface area contributed by atoms with E-state index in [0.717, 1.165) is 22.3 Å². The average molecular weight is 355 g/mol. The molecule has 0 aliphatic heterocycles. The van der Waals surface area contributed by atoms with Gasteiger partial charge in [-0.1, -0.05) is 22.0 Å². The molecule has 0 spiro atoms. The van der Waals surface area contributed by atoms with Crippen molar-refractivity contribution in [2.75, 3.05) is 7.05 Å². The van der Waals surface area contributed by atoms with Gasteiger partial charge in [0.25, 0.3) is 0 Å². The Morgan fingerprint density at radius 3 is 2.85 bits per heavy atom. The van der Waals surface area contributed by atoms with Crippen LogP contribution < -0.4 is 5.32 Å². The number of benzene rings is 1. The van der Waals surface area contributed by atoms with Gasteiger partial charge in [0.1, 0.15) is 10.8 Å². The first-order valence-electron chi connectivity index (χ1n) is 6.79. The molecule has 0 fully saturated rings. The summed E-state index contributed by atoms with van der Waals surface area (Å²) in [5, 5.41) is 4.17. The highest BCUT2D eigenvalue weighted by molar-refractivity contribution is 9.10. The Labute approximate surface area is 130 Å². The summed E-state index contributed by atoms with van der Waals surface area (Å²) in [6.07, 6.45) is 4.63. The van der Waals surface area contributed by atoms with E-state index in [0.29, 0.717) is 5.56 Å². The second-order valence-corrected chi connectivity index (χ2v) is 7.05. The number of fused-ring (bicyclic) bond motifs is 1. The summed E-state index contributed by atoms with van der Waals surface area (Å²) in [5.41, 5.74) is 1.87. The van der Waals surface area contributed by atoms with Crippen molar-refractivity contribution in [2.24, 2.45) is 0 Å². The molecule has 2 aromatic rings. The second kappa shape index (κ2) is 5.92. The lowest BCUT2D eigenvalue weighted by molar-refractivity contribution is 0.573. The summed E-state index contributed by atoms with van der Waals surface area (Å²) in [7, 11) is 1.85. The lowest BCUT2D eigenvalue weighted by Gasteiger charge is -2.15. The molecule has 106 valence electrons.